The third kappa shape index (κ3) is 2.35. The van der Waals surface area contributed by atoms with Crippen LogP contribution in [0, 0.1) is 13.8 Å². The number of benzene rings is 1. The number of rotatable bonds is 3. The SMILES string of the molecule is Cc1cc(/C=C/C(N)=O)c(C)n1-c1ccccc1. The van der Waals surface area contributed by atoms with Gasteiger partial charge in [-0.05, 0) is 43.7 Å². The largest absolute Gasteiger partial charge is 0.366 e. The lowest BCUT2D eigenvalue weighted by Gasteiger charge is -2.08. The summed E-state index contributed by atoms with van der Waals surface area (Å²) in [6.07, 6.45) is 3.14. The monoisotopic (exact) mass is 240 g/mol. The van der Waals surface area contributed by atoms with Crippen molar-refractivity contribution in [3.63, 3.8) is 0 Å². The number of aromatic nitrogens is 1. The summed E-state index contributed by atoms with van der Waals surface area (Å²) in [5.41, 5.74) is 9.46. The van der Waals surface area contributed by atoms with Crippen LogP contribution < -0.4 is 5.73 Å². The number of primary amides is 1. The zero-order valence-electron chi connectivity index (χ0n) is 10.6. The second-order valence-corrected chi connectivity index (χ2v) is 4.23. The van der Waals surface area contributed by atoms with Crippen molar-refractivity contribution >= 4 is 12.0 Å². The van der Waals surface area contributed by atoms with E-state index in [0.29, 0.717) is 0 Å². The summed E-state index contributed by atoms with van der Waals surface area (Å²) in [7, 11) is 0. The van der Waals surface area contributed by atoms with Crippen LogP contribution in [-0.4, -0.2) is 10.5 Å². The van der Waals surface area contributed by atoms with Gasteiger partial charge in [0.25, 0.3) is 0 Å². The van der Waals surface area contributed by atoms with Crippen LogP contribution in [0.5, 0.6) is 0 Å². The third-order valence-electron chi connectivity index (χ3n) is 2.91. The summed E-state index contributed by atoms with van der Waals surface area (Å²) in [5.74, 6) is -0.431. The molecule has 2 aromatic rings. The lowest BCUT2D eigenvalue weighted by molar-refractivity contribution is -0.113. The van der Waals surface area contributed by atoms with Crippen molar-refractivity contribution in [3.05, 3.63) is 59.4 Å². The minimum Gasteiger partial charge on any atom is -0.366 e. The van der Waals surface area contributed by atoms with Crippen LogP contribution in [0.3, 0.4) is 0 Å². The molecule has 18 heavy (non-hydrogen) atoms. The van der Waals surface area contributed by atoms with Gasteiger partial charge in [-0.15, -0.1) is 0 Å². The molecular weight excluding hydrogens is 224 g/mol. The fourth-order valence-electron chi connectivity index (χ4n) is 2.10. The second kappa shape index (κ2) is 4.92. The van der Waals surface area contributed by atoms with Crippen molar-refractivity contribution in [2.45, 2.75) is 13.8 Å². The summed E-state index contributed by atoms with van der Waals surface area (Å²) >= 11 is 0. The lowest BCUT2D eigenvalue weighted by atomic mass is 10.2. The maximum absolute atomic E-state index is 10.8. The molecule has 1 heterocycles. The van der Waals surface area contributed by atoms with Gasteiger partial charge >= 0.3 is 0 Å². The summed E-state index contributed by atoms with van der Waals surface area (Å²) in [4.78, 5) is 10.8. The van der Waals surface area contributed by atoms with E-state index in [4.69, 9.17) is 5.73 Å². The van der Waals surface area contributed by atoms with E-state index in [1.165, 1.54) is 6.08 Å². The number of nitrogens with zero attached hydrogens (tertiary/aromatic N) is 1. The number of amides is 1. The highest BCUT2D eigenvalue weighted by molar-refractivity contribution is 5.90. The van der Waals surface area contributed by atoms with E-state index < -0.39 is 5.91 Å². The highest BCUT2D eigenvalue weighted by Gasteiger charge is 2.08. The predicted molar refractivity (Wildman–Crippen MR) is 73.5 cm³/mol. The van der Waals surface area contributed by atoms with Crippen molar-refractivity contribution in [2.75, 3.05) is 0 Å². The molecule has 0 aliphatic heterocycles. The van der Waals surface area contributed by atoms with Crippen LogP contribution >= 0.6 is 0 Å². The summed E-state index contributed by atoms with van der Waals surface area (Å²) < 4.78 is 2.15. The van der Waals surface area contributed by atoms with Gasteiger partial charge in [-0.3, -0.25) is 4.79 Å². The minimum absolute atomic E-state index is 0.431. The standard InChI is InChI=1S/C15H16N2O/c1-11-10-13(8-9-15(16)18)12(2)17(11)14-6-4-3-5-7-14/h3-10H,1-2H3,(H2,16,18)/b9-8+. The zero-order valence-corrected chi connectivity index (χ0v) is 10.6. The highest BCUT2D eigenvalue weighted by Crippen LogP contribution is 2.21. The zero-order chi connectivity index (χ0) is 13.1. The van der Waals surface area contributed by atoms with E-state index in [9.17, 15) is 4.79 Å². The molecule has 1 amide bonds. The van der Waals surface area contributed by atoms with Crippen molar-refractivity contribution < 1.29 is 4.79 Å². The normalized spacial score (nSPS) is 11.0. The lowest BCUT2D eigenvalue weighted by Crippen LogP contribution is -2.05. The first-order chi connectivity index (χ1) is 8.59. The van der Waals surface area contributed by atoms with Gasteiger partial charge in [-0.2, -0.15) is 0 Å². The molecule has 0 spiro atoms. The number of para-hydroxylation sites is 1. The number of aryl methyl sites for hydroxylation is 1. The molecule has 0 radical (unpaired) electrons. The molecule has 0 atom stereocenters. The Hall–Kier alpha value is -2.29. The minimum atomic E-state index is -0.431. The molecule has 3 nitrogen and oxygen atoms in total. The summed E-state index contributed by atoms with van der Waals surface area (Å²) in [6.45, 7) is 4.07. The first-order valence-corrected chi connectivity index (χ1v) is 5.81. The van der Waals surface area contributed by atoms with Crippen LogP contribution in [0.4, 0.5) is 0 Å². The number of carbonyl (C=O) groups is 1. The van der Waals surface area contributed by atoms with Crippen molar-refractivity contribution in [1.82, 2.24) is 4.57 Å². The second-order valence-electron chi connectivity index (χ2n) is 4.23. The Balaban J connectivity index is 2.48. The van der Waals surface area contributed by atoms with Gasteiger partial charge in [0.15, 0.2) is 0 Å². The summed E-state index contributed by atoms with van der Waals surface area (Å²) in [6, 6.07) is 12.2. The smallest absolute Gasteiger partial charge is 0.241 e. The Morgan fingerprint density at radius 1 is 1.22 bits per heavy atom. The van der Waals surface area contributed by atoms with Gasteiger partial charge in [0.05, 0.1) is 0 Å². The van der Waals surface area contributed by atoms with Crippen molar-refractivity contribution in [2.24, 2.45) is 5.73 Å². The molecule has 0 unspecified atom stereocenters. The first-order valence-electron chi connectivity index (χ1n) is 5.81. The Morgan fingerprint density at radius 3 is 2.50 bits per heavy atom. The molecule has 0 saturated heterocycles. The predicted octanol–water partition coefficient (Wildman–Crippen LogP) is 2.59. The molecule has 0 aliphatic rings. The van der Waals surface area contributed by atoms with Gasteiger partial charge < -0.3 is 10.3 Å². The first kappa shape index (κ1) is 12.2. The molecule has 3 heteroatoms. The average molecular weight is 240 g/mol. The molecule has 0 fully saturated rings. The Labute approximate surface area is 107 Å². The van der Waals surface area contributed by atoms with E-state index >= 15 is 0 Å². The van der Waals surface area contributed by atoms with Gasteiger partial charge in [0.2, 0.25) is 5.91 Å². The molecular formula is C15H16N2O. The van der Waals surface area contributed by atoms with Crippen molar-refractivity contribution in [1.29, 1.82) is 0 Å². The topological polar surface area (TPSA) is 48.0 Å². The summed E-state index contributed by atoms with van der Waals surface area (Å²) in [5, 5.41) is 0. The van der Waals surface area contributed by atoms with Crippen molar-refractivity contribution in [3.8, 4) is 5.69 Å². The Kier molecular flexibility index (Phi) is 3.33. The Bertz CT molecular complexity index is 594. The van der Waals surface area contributed by atoms with Crippen LogP contribution in [0.1, 0.15) is 17.0 Å². The molecule has 0 aliphatic carbocycles. The fourth-order valence-corrected chi connectivity index (χ4v) is 2.10. The number of hydrogen-bond acceptors (Lipinski definition) is 1. The number of hydrogen-bond donors (Lipinski definition) is 1. The molecule has 92 valence electrons. The van der Waals surface area contributed by atoms with Gasteiger partial charge in [-0.1, -0.05) is 18.2 Å². The van der Waals surface area contributed by atoms with E-state index in [-0.39, 0.29) is 0 Å². The quantitative estimate of drug-likeness (QED) is 0.824. The Morgan fingerprint density at radius 2 is 1.89 bits per heavy atom. The van der Waals surface area contributed by atoms with Gasteiger partial charge in [0, 0.05) is 23.2 Å². The van der Waals surface area contributed by atoms with Crippen LogP contribution in [0.25, 0.3) is 11.8 Å². The van der Waals surface area contributed by atoms with E-state index in [1.807, 2.05) is 38.1 Å². The molecule has 2 N–H and O–H groups in total. The molecule has 2 rings (SSSR count). The maximum Gasteiger partial charge on any atom is 0.241 e. The number of carbonyl (C=O) groups excluding carboxylic acids is 1. The molecule has 1 aromatic carbocycles. The van der Waals surface area contributed by atoms with E-state index in [2.05, 4.69) is 16.7 Å². The third-order valence-corrected chi connectivity index (χ3v) is 2.91. The fraction of sp³-hybridized carbons (Fsp3) is 0.133. The van der Waals surface area contributed by atoms with Gasteiger partial charge in [0.1, 0.15) is 0 Å². The molecule has 0 saturated carbocycles. The average Bonchev–Trinajstić information content (AvgIpc) is 2.63. The molecule has 0 bridgehead atoms. The highest BCUT2D eigenvalue weighted by atomic mass is 16.1. The van der Waals surface area contributed by atoms with E-state index in [0.717, 1.165) is 22.6 Å². The molecule has 1 aromatic heterocycles. The van der Waals surface area contributed by atoms with Crippen LogP contribution in [-0.2, 0) is 4.79 Å². The van der Waals surface area contributed by atoms with E-state index in [1.54, 1.807) is 6.08 Å². The van der Waals surface area contributed by atoms with Crippen LogP contribution in [0.2, 0.25) is 0 Å². The maximum atomic E-state index is 10.8. The van der Waals surface area contributed by atoms with Crippen LogP contribution in [0.15, 0.2) is 42.5 Å². The van der Waals surface area contributed by atoms with Gasteiger partial charge in [-0.25, -0.2) is 0 Å². The number of nitrogens with two attached hydrogens (primary N) is 1.